The van der Waals surface area contributed by atoms with Gasteiger partial charge in [-0.25, -0.2) is 4.39 Å². The van der Waals surface area contributed by atoms with Crippen molar-refractivity contribution in [3.63, 3.8) is 0 Å². The molecular formula is C25H33FO5S. The van der Waals surface area contributed by atoms with Crippen molar-refractivity contribution >= 4 is 23.3 Å². The van der Waals surface area contributed by atoms with Crippen molar-refractivity contribution < 1.29 is 28.6 Å². The number of Topliss-reactive ketones (excluding diaryl/α,β-unsaturated/α-hetero) is 1. The summed E-state index contributed by atoms with van der Waals surface area (Å²) in [4.78, 5) is 25.6. The van der Waals surface area contributed by atoms with Gasteiger partial charge in [0.15, 0.2) is 28.6 Å². The number of hydrogen-bond donors (Lipinski definition) is 1. The van der Waals surface area contributed by atoms with E-state index in [4.69, 9.17) is 9.47 Å². The molecule has 7 heteroatoms. The summed E-state index contributed by atoms with van der Waals surface area (Å²) in [6.07, 6.45) is 6.53. The number of ketones is 2. The van der Waals surface area contributed by atoms with Crippen molar-refractivity contribution in [1.82, 2.24) is 0 Å². The first-order valence-electron chi connectivity index (χ1n) is 11.6. The van der Waals surface area contributed by atoms with E-state index in [0.717, 1.165) is 5.57 Å². The first-order chi connectivity index (χ1) is 14.9. The van der Waals surface area contributed by atoms with Gasteiger partial charge in [-0.1, -0.05) is 18.6 Å². The molecule has 8 atom stereocenters. The summed E-state index contributed by atoms with van der Waals surface area (Å²) in [5.41, 5.74) is -4.15. The summed E-state index contributed by atoms with van der Waals surface area (Å²) >= 11 is 1.45. The minimum atomic E-state index is -1.92. The first kappa shape index (κ1) is 22.8. The van der Waals surface area contributed by atoms with Gasteiger partial charge in [-0.15, -0.1) is 0 Å². The van der Waals surface area contributed by atoms with Crippen molar-refractivity contribution in [3.8, 4) is 0 Å². The van der Waals surface area contributed by atoms with Crippen LogP contribution in [0.15, 0.2) is 23.8 Å². The van der Waals surface area contributed by atoms with Gasteiger partial charge in [0.2, 0.25) is 0 Å². The number of carbonyl (C=O) groups is 2. The highest BCUT2D eigenvalue weighted by molar-refractivity contribution is 7.99. The molecule has 0 aromatic rings. The fourth-order valence-electron chi connectivity index (χ4n) is 8.05. The molecule has 1 saturated heterocycles. The molecule has 1 N–H and O–H groups in total. The highest BCUT2D eigenvalue weighted by Gasteiger charge is 2.79. The van der Waals surface area contributed by atoms with Crippen LogP contribution in [0.25, 0.3) is 0 Å². The molecule has 1 aliphatic heterocycles. The number of fused-ring (bicyclic) bond motifs is 7. The van der Waals surface area contributed by atoms with Crippen molar-refractivity contribution in [3.05, 3.63) is 23.8 Å². The fraction of sp³-hybridized carbons (Fsp3) is 0.760. The van der Waals surface area contributed by atoms with Gasteiger partial charge in [0, 0.05) is 16.7 Å². The lowest BCUT2D eigenvalue weighted by molar-refractivity contribution is -0.245. The third-order valence-electron chi connectivity index (χ3n) is 9.32. The van der Waals surface area contributed by atoms with Crippen LogP contribution in [0.4, 0.5) is 4.39 Å². The molecule has 4 aliphatic carbocycles. The monoisotopic (exact) mass is 464 g/mol. The molecule has 1 heterocycles. The van der Waals surface area contributed by atoms with E-state index in [1.54, 1.807) is 19.1 Å². The Morgan fingerprint density at radius 3 is 2.69 bits per heavy atom. The number of carbonyl (C=O) groups excluding carboxylic acids is 2. The molecular weight excluding hydrogens is 431 g/mol. The number of hydrogen-bond acceptors (Lipinski definition) is 6. The summed E-state index contributed by atoms with van der Waals surface area (Å²) < 4.78 is 30.0. The number of aliphatic hydroxyl groups is 1. The van der Waals surface area contributed by atoms with E-state index in [9.17, 15) is 14.7 Å². The molecule has 0 spiro atoms. The Hall–Kier alpha value is -1.02. The molecule has 0 aromatic heterocycles. The Bertz CT molecular complexity index is 945. The number of alkyl halides is 1. The third-order valence-corrected chi connectivity index (χ3v) is 9.87. The van der Waals surface area contributed by atoms with Crippen LogP contribution in [-0.4, -0.2) is 57.9 Å². The molecule has 176 valence electrons. The Kier molecular flexibility index (Phi) is 4.82. The van der Waals surface area contributed by atoms with Crippen molar-refractivity contribution in [2.45, 2.75) is 82.6 Å². The molecule has 0 aromatic carbocycles. The van der Waals surface area contributed by atoms with Gasteiger partial charge in [-0.3, -0.25) is 9.59 Å². The summed E-state index contributed by atoms with van der Waals surface area (Å²) in [7, 11) is 0. The molecule has 5 nitrogen and oxygen atoms in total. The van der Waals surface area contributed by atoms with E-state index in [2.05, 4.69) is 0 Å². The Balaban J connectivity index is 1.63. The van der Waals surface area contributed by atoms with Gasteiger partial charge >= 0.3 is 0 Å². The van der Waals surface area contributed by atoms with Crippen LogP contribution in [0.3, 0.4) is 0 Å². The van der Waals surface area contributed by atoms with E-state index in [-0.39, 0.29) is 29.7 Å². The van der Waals surface area contributed by atoms with Crippen LogP contribution < -0.4 is 0 Å². The van der Waals surface area contributed by atoms with Crippen LogP contribution in [-0.2, 0) is 19.1 Å². The SMILES string of the molecule is CSCC(=O)[C@@]12OC(C)(C)O[C@@H]1C[C@H]1[C@@H]3CCC4=CC(=O)C=C[C@]4(C)[C@@]3(F)[C@@H](O)C[C@@]12C. The smallest absolute Gasteiger partial charge is 0.178 e. The number of ether oxygens (including phenoxy) is 2. The van der Waals surface area contributed by atoms with Crippen LogP contribution in [0.1, 0.15) is 53.4 Å². The maximum absolute atomic E-state index is 17.2. The van der Waals surface area contributed by atoms with E-state index in [1.165, 1.54) is 17.8 Å². The number of aliphatic hydroxyl groups excluding tert-OH is 1. The van der Waals surface area contributed by atoms with Gasteiger partial charge in [0.25, 0.3) is 0 Å². The van der Waals surface area contributed by atoms with Gasteiger partial charge in [0.05, 0.1) is 18.0 Å². The quantitative estimate of drug-likeness (QED) is 0.685. The van der Waals surface area contributed by atoms with E-state index < -0.39 is 46.0 Å². The average Bonchev–Trinajstić information content (AvgIpc) is 3.10. The highest BCUT2D eigenvalue weighted by Crippen LogP contribution is 2.72. The molecule has 0 unspecified atom stereocenters. The number of halogens is 1. The van der Waals surface area contributed by atoms with Crippen molar-refractivity contribution in [1.29, 1.82) is 0 Å². The number of allylic oxidation sites excluding steroid dienone is 4. The van der Waals surface area contributed by atoms with Gasteiger partial charge < -0.3 is 14.6 Å². The van der Waals surface area contributed by atoms with Gasteiger partial charge in [-0.05, 0) is 70.8 Å². The fourth-order valence-corrected chi connectivity index (χ4v) is 8.52. The summed E-state index contributed by atoms with van der Waals surface area (Å²) in [6, 6.07) is 0. The normalized spacial score (nSPS) is 50.8. The Morgan fingerprint density at radius 1 is 1.28 bits per heavy atom. The van der Waals surface area contributed by atoms with Crippen molar-refractivity contribution in [2.75, 3.05) is 12.0 Å². The largest absolute Gasteiger partial charge is 0.390 e. The predicted octanol–water partition coefficient (Wildman–Crippen LogP) is 3.79. The lowest BCUT2D eigenvalue weighted by atomic mass is 9.44. The zero-order valence-electron chi connectivity index (χ0n) is 19.4. The summed E-state index contributed by atoms with van der Waals surface area (Å²) in [5, 5.41) is 11.5. The number of thioether (sulfide) groups is 1. The zero-order valence-corrected chi connectivity index (χ0v) is 20.3. The highest BCUT2D eigenvalue weighted by atomic mass is 32.2. The number of rotatable bonds is 3. The molecule has 3 saturated carbocycles. The average molecular weight is 465 g/mol. The maximum Gasteiger partial charge on any atom is 0.178 e. The lowest BCUT2D eigenvalue weighted by Crippen LogP contribution is -2.69. The molecule has 0 amide bonds. The van der Waals surface area contributed by atoms with Crippen LogP contribution in [0.5, 0.6) is 0 Å². The minimum absolute atomic E-state index is 0.0325. The predicted molar refractivity (Wildman–Crippen MR) is 120 cm³/mol. The maximum atomic E-state index is 17.2. The standard InChI is InChI=1S/C25H33FO5S/c1-21(2)30-20-11-17-16-7-6-14-10-15(27)8-9-22(14,3)24(16,26)18(28)12-23(17,4)25(20,31-21)19(29)13-32-5/h8-10,16-18,20,28H,6-7,11-13H2,1-5H3/t16-,17-,18-,20+,22-,23-,24-,25+/m0/s1. The Labute approximate surface area is 193 Å². The topological polar surface area (TPSA) is 72.8 Å². The second kappa shape index (κ2) is 6.77. The molecule has 0 radical (unpaired) electrons. The molecule has 5 rings (SSSR count). The molecule has 4 fully saturated rings. The zero-order chi connectivity index (χ0) is 23.3. The second-order valence-corrected chi connectivity index (χ2v) is 12.1. The van der Waals surface area contributed by atoms with E-state index in [1.807, 2.05) is 27.0 Å². The van der Waals surface area contributed by atoms with E-state index >= 15 is 4.39 Å². The van der Waals surface area contributed by atoms with Gasteiger partial charge in [-0.2, -0.15) is 11.8 Å². The Morgan fingerprint density at radius 2 is 2.00 bits per heavy atom. The summed E-state index contributed by atoms with van der Waals surface area (Å²) in [6.45, 7) is 7.44. The first-order valence-corrected chi connectivity index (χ1v) is 13.0. The molecule has 32 heavy (non-hydrogen) atoms. The lowest BCUT2D eigenvalue weighted by Gasteiger charge is -2.62. The molecule has 0 bridgehead atoms. The molecule has 5 aliphatic rings. The second-order valence-electron chi connectivity index (χ2n) is 11.2. The minimum Gasteiger partial charge on any atom is -0.390 e. The van der Waals surface area contributed by atoms with Crippen LogP contribution in [0, 0.1) is 22.7 Å². The van der Waals surface area contributed by atoms with Crippen LogP contribution in [0.2, 0.25) is 0 Å². The van der Waals surface area contributed by atoms with Crippen LogP contribution >= 0.6 is 11.8 Å². The third kappa shape index (κ3) is 2.51. The van der Waals surface area contributed by atoms with Gasteiger partial charge in [0.1, 0.15) is 0 Å². The van der Waals surface area contributed by atoms with Crippen molar-refractivity contribution in [2.24, 2.45) is 22.7 Å². The van der Waals surface area contributed by atoms with E-state index in [0.29, 0.717) is 19.3 Å². The summed E-state index contributed by atoms with van der Waals surface area (Å²) in [5.74, 6) is -1.42.